The van der Waals surface area contributed by atoms with Crippen LogP contribution in [0.1, 0.15) is 48.5 Å². The van der Waals surface area contributed by atoms with E-state index in [1.54, 1.807) is 0 Å². The summed E-state index contributed by atoms with van der Waals surface area (Å²) in [4.78, 5) is 0. The highest BCUT2D eigenvalue weighted by Crippen LogP contribution is 2.63. The van der Waals surface area contributed by atoms with Crippen molar-refractivity contribution in [3.05, 3.63) is 0 Å². The van der Waals surface area contributed by atoms with E-state index in [1.807, 2.05) is 34.6 Å². The van der Waals surface area contributed by atoms with Crippen molar-refractivity contribution in [2.75, 3.05) is 19.4 Å². The number of rotatable bonds is 7. The van der Waals surface area contributed by atoms with E-state index in [9.17, 15) is 4.57 Å². The molecule has 4 heteroatoms. The maximum atomic E-state index is 13.3. The second-order valence-electron chi connectivity index (χ2n) is 5.76. The molecule has 1 atom stereocenters. The van der Waals surface area contributed by atoms with Crippen LogP contribution >= 0.6 is 7.14 Å². The first-order valence-corrected chi connectivity index (χ1v) is 8.47. The molecule has 0 amide bonds. The molecule has 0 spiro atoms. The van der Waals surface area contributed by atoms with Gasteiger partial charge >= 0.3 is 0 Å². The lowest BCUT2D eigenvalue weighted by Gasteiger charge is -2.37. The molecule has 0 aromatic rings. The molecule has 1 unspecified atom stereocenters. The van der Waals surface area contributed by atoms with Crippen LogP contribution in [0.15, 0.2) is 0 Å². The minimum absolute atomic E-state index is 0.285. The summed E-state index contributed by atoms with van der Waals surface area (Å²) in [5.41, 5.74) is 0. The lowest BCUT2D eigenvalue weighted by molar-refractivity contribution is -0.0834. The summed E-state index contributed by atoms with van der Waals surface area (Å²) in [6, 6.07) is -0.556. The molecule has 104 valence electrons. The molecule has 0 aliphatic carbocycles. The monoisotopic (exact) mass is 264 g/mol. The zero-order valence-electron chi connectivity index (χ0n) is 12.4. The van der Waals surface area contributed by atoms with E-state index in [0.717, 1.165) is 0 Å². The fourth-order valence-corrected chi connectivity index (χ4v) is 5.01. The van der Waals surface area contributed by atoms with Crippen LogP contribution in [0.25, 0.3) is 0 Å². The summed E-state index contributed by atoms with van der Waals surface area (Å²) in [5.74, 6) is 0.378. The number of hydrogen-bond acceptors (Lipinski definition) is 3. The topological polar surface area (TPSA) is 35.5 Å². The van der Waals surface area contributed by atoms with Crippen molar-refractivity contribution in [3.8, 4) is 0 Å². The van der Waals surface area contributed by atoms with Crippen LogP contribution in [0, 0.1) is 5.92 Å². The van der Waals surface area contributed by atoms with E-state index in [0.29, 0.717) is 25.3 Å². The fourth-order valence-electron chi connectivity index (χ4n) is 1.79. The van der Waals surface area contributed by atoms with Gasteiger partial charge in [0.15, 0.2) is 0 Å². The Balaban J connectivity index is 5.18. The van der Waals surface area contributed by atoms with Crippen molar-refractivity contribution in [2.45, 2.75) is 59.7 Å². The van der Waals surface area contributed by atoms with Gasteiger partial charge in [-0.15, -0.1) is 0 Å². The molecule has 0 aliphatic rings. The van der Waals surface area contributed by atoms with E-state index in [2.05, 4.69) is 13.8 Å². The minimum atomic E-state index is -2.55. The zero-order chi connectivity index (χ0) is 13.7. The highest BCUT2D eigenvalue weighted by molar-refractivity contribution is 7.65. The molecule has 0 aliphatic heterocycles. The van der Waals surface area contributed by atoms with Crippen LogP contribution in [0.2, 0.25) is 0 Å². The van der Waals surface area contributed by atoms with Gasteiger partial charge in [-0.3, -0.25) is 0 Å². The van der Waals surface area contributed by atoms with E-state index >= 15 is 0 Å². The van der Waals surface area contributed by atoms with Crippen LogP contribution < -0.4 is 0 Å². The third-order valence-electron chi connectivity index (χ3n) is 2.73. The van der Waals surface area contributed by atoms with Gasteiger partial charge in [-0.2, -0.15) is 0 Å². The van der Waals surface area contributed by atoms with Crippen LogP contribution in [0.5, 0.6) is 0 Å². The van der Waals surface area contributed by atoms with Gasteiger partial charge in [-0.25, -0.2) is 0 Å². The SMILES string of the molecule is CCOC(OCC)P(=O)(CC(C)C)C(C)(C)C. The molecule has 17 heavy (non-hydrogen) atoms. The van der Waals surface area contributed by atoms with Crippen LogP contribution in [0.4, 0.5) is 0 Å². The van der Waals surface area contributed by atoms with Crippen molar-refractivity contribution >= 4 is 7.14 Å². The standard InChI is InChI=1S/C13H29O3P/c1-8-15-12(16-9-2)17(14,10-11(3)4)13(5,6)7/h11-12H,8-10H2,1-7H3. The summed E-state index contributed by atoms with van der Waals surface area (Å²) in [5, 5.41) is -0.285. The largest absolute Gasteiger partial charge is 0.346 e. The highest BCUT2D eigenvalue weighted by atomic mass is 31.2. The first kappa shape index (κ1) is 17.2. The molecule has 0 bridgehead atoms. The second-order valence-corrected chi connectivity index (χ2v) is 9.48. The van der Waals surface area contributed by atoms with Gasteiger partial charge in [-0.05, 0) is 19.8 Å². The van der Waals surface area contributed by atoms with E-state index in [4.69, 9.17) is 9.47 Å². The summed E-state index contributed by atoms with van der Waals surface area (Å²) in [7, 11) is -2.55. The third kappa shape index (κ3) is 4.73. The lowest BCUT2D eigenvalue weighted by Crippen LogP contribution is -2.31. The van der Waals surface area contributed by atoms with Crippen molar-refractivity contribution in [2.24, 2.45) is 5.92 Å². The molecular formula is C13H29O3P. The van der Waals surface area contributed by atoms with Crippen LogP contribution in [-0.2, 0) is 14.0 Å². The quantitative estimate of drug-likeness (QED) is 0.511. The minimum Gasteiger partial charge on any atom is -0.346 e. The Bertz CT molecular complexity index is 250. The highest BCUT2D eigenvalue weighted by Gasteiger charge is 2.45. The first-order valence-electron chi connectivity index (χ1n) is 6.51. The van der Waals surface area contributed by atoms with E-state index in [1.165, 1.54) is 0 Å². The molecule has 0 saturated carbocycles. The van der Waals surface area contributed by atoms with Gasteiger partial charge < -0.3 is 14.0 Å². The molecule has 0 aromatic heterocycles. The van der Waals surface area contributed by atoms with Gasteiger partial charge in [-0.1, -0.05) is 34.6 Å². The molecular weight excluding hydrogens is 235 g/mol. The maximum Gasteiger partial charge on any atom is 0.211 e. The van der Waals surface area contributed by atoms with Crippen LogP contribution in [0.3, 0.4) is 0 Å². The predicted octanol–water partition coefficient (Wildman–Crippen LogP) is 4.16. The van der Waals surface area contributed by atoms with E-state index in [-0.39, 0.29) is 5.16 Å². The molecule has 0 radical (unpaired) electrons. The smallest absolute Gasteiger partial charge is 0.211 e. The molecule has 0 rings (SSSR count). The summed E-state index contributed by atoms with van der Waals surface area (Å²) in [6.45, 7) is 15.1. The van der Waals surface area contributed by atoms with Gasteiger partial charge in [0.2, 0.25) is 6.03 Å². The van der Waals surface area contributed by atoms with Crippen molar-refractivity contribution in [1.82, 2.24) is 0 Å². The number of hydrogen-bond donors (Lipinski definition) is 0. The molecule has 0 heterocycles. The van der Waals surface area contributed by atoms with Gasteiger partial charge in [0.1, 0.15) is 7.14 Å². The third-order valence-corrected chi connectivity index (χ3v) is 7.25. The normalized spacial score (nSPS) is 16.5. The van der Waals surface area contributed by atoms with Crippen LogP contribution in [-0.4, -0.2) is 30.6 Å². The molecule has 0 aromatic carbocycles. The Labute approximate surface area is 107 Å². The lowest BCUT2D eigenvalue weighted by atomic mass is 10.2. The average Bonchev–Trinajstić information content (AvgIpc) is 2.14. The first-order chi connectivity index (χ1) is 7.69. The maximum absolute atomic E-state index is 13.3. The van der Waals surface area contributed by atoms with Crippen molar-refractivity contribution < 1.29 is 14.0 Å². The fraction of sp³-hybridized carbons (Fsp3) is 1.00. The molecule has 3 nitrogen and oxygen atoms in total. The Morgan fingerprint density at radius 2 is 1.47 bits per heavy atom. The predicted molar refractivity (Wildman–Crippen MR) is 74.1 cm³/mol. The van der Waals surface area contributed by atoms with E-state index < -0.39 is 13.2 Å². The van der Waals surface area contributed by atoms with Crippen molar-refractivity contribution in [1.29, 1.82) is 0 Å². The summed E-state index contributed by atoms with van der Waals surface area (Å²) < 4.78 is 24.5. The van der Waals surface area contributed by atoms with Crippen molar-refractivity contribution in [3.63, 3.8) is 0 Å². The zero-order valence-corrected chi connectivity index (χ0v) is 13.3. The summed E-state index contributed by atoms with van der Waals surface area (Å²) in [6.07, 6.45) is 0.668. The Morgan fingerprint density at radius 3 is 1.71 bits per heavy atom. The molecule has 0 fully saturated rings. The van der Waals surface area contributed by atoms with Gasteiger partial charge in [0, 0.05) is 24.5 Å². The second kappa shape index (κ2) is 6.92. The molecule has 0 saturated heterocycles. The van der Waals surface area contributed by atoms with Gasteiger partial charge in [0.05, 0.1) is 0 Å². The van der Waals surface area contributed by atoms with Gasteiger partial charge in [0.25, 0.3) is 0 Å². The molecule has 0 N–H and O–H groups in total. The summed E-state index contributed by atoms with van der Waals surface area (Å²) >= 11 is 0. The Kier molecular flexibility index (Phi) is 6.98. The Hall–Kier alpha value is 0.150. The Morgan fingerprint density at radius 1 is 1.06 bits per heavy atom. The average molecular weight is 264 g/mol. The number of ether oxygens (including phenoxy) is 2.